The van der Waals surface area contributed by atoms with Gasteiger partial charge >= 0.3 is 5.97 Å². The lowest BCUT2D eigenvalue weighted by molar-refractivity contribution is -0.170. The van der Waals surface area contributed by atoms with E-state index >= 15 is 0 Å². The molecule has 0 heterocycles. The van der Waals surface area contributed by atoms with Crippen molar-refractivity contribution in [2.24, 2.45) is 5.41 Å². The van der Waals surface area contributed by atoms with Crippen molar-refractivity contribution in [2.45, 2.75) is 52.6 Å². The molecule has 1 aliphatic rings. The van der Waals surface area contributed by atoms with Crippen LogP contribution in [-0.2, 0) is 21.6 Å². The first kappa shape index (κ1) is 14.0. The molecular weight excluding hydrogens is 243 g/mol. The van der Waals surface area contributed by atoms with Crippen molar-refractivity contribution in [1.82, 2.24) is 0 Å². The van der Waals surface area contributed by atoms with Crippen LogP contribution in [0.4, 0.5) is 4.39 Å². The van der Waals surface area contributed by atoms with E-state index in [1.165, 1.54) is 6.07 Å². The summed E-state index contributed by atoms with van der Waals surface area (Å²) in [5, 5.41) is 0. The van der Waals surface area contributed by atoms with Gasteiger partial charge in [-0.15, -0.1) is 0 Å². The van der Waals surface area contributed by atoms with E-state index in [0.29, 0.717) is 0 Å². The Hall–Kier alpha value is -1.38. The minimum atomic E-state index is -0.618. The molecule has 0 radical (unpaired) electrons. The molecule has 0 aromatic heterocycles. The maximum atomic E-state index is 13.2. The van der Waals surface area contributed by atoms with Gasteiger partial charge in [0, 0.05) is 0 Å². The molecule has 1 unspecified atom stereocenters. The highest BCUT2D eigenvalue weighted by molar-refractivity contribution is 5.76. The molecule has 1 atom stereocenters. The summed E-state index contributed by atoms with van der Waals surface area (Å²) in [5.41, 5.74) is 0.789. The van der Waals surface area contributed by atoms with Crippen LogP contribution in [0.5, 0.6) is 0 Å². The molecule has 0 aliphatic heterocycles. The van der Waals surface area contributed by atoms with Gasteiger partial charge in [0.1, 0.15) is 11.4 Å². The Morgan fingerprint density at radius 1 is 1.47 bits per heavy atom. The van der Waals surface area contributed by atoms with Crippen LogP contribution in [0.1, 0.15) is 51.7 Å². The van der Waals surface area contributed by atoms with E-state index in [1.807, 2.05) is 27.7 Å². The number of fused-ring (bicyclic) bond motifs is 1. The number of halogens is 1. The number of ether oxygens (including phenoxy) is 1. The van der Waals surface area contributed by atoms with Gasteiger partial charge in [0.2, 0.25) is 0 Å². The third kappa shape index (κ3) is 2.51. The van der Waals surface area contributed by atoms with E-state index < -0.39 is 11.0 Å². The van der Waals surface area contributed by atoms with Gasteiger partial charge in [-0.3, -0.25) is 4.79 Å². The number of benzene rings is 1. The van der Waals surface area contributed by atoms with Gasteiger partial charge in [0.15, 0.2) is 0 Å². The lowest BCUT2D eigenvalue weighted by Crippen LogP contribution is -2.34. The number of carbonyl (C=O) groups excluding carboxylic acids is 1. The quantitative estimate of drug-likeness (QED) is 0.772. The first-order valence-corrected chi connectivity index (χ1v) is 6.81. The molecule has 1 aliphatic carbocycles. The maximum absolute atomic E-state index is 13.2. The first-order chi connectivity index (χ1) is 8.78. The molecule has 2 rings (SSSR count). The normalized spacial score (nSPS) is 22.2. The van der Waals surface area contributed by atoms with Gasteiger partial charge in [-0.1, -0.05) is 13.0 Å². The van der Waals surface area contributed by atoms with E-state index in [1.54, 1.807) is 12.1 Å². The molecule has 0 spiro atoms. The van der Waals surface area contributed by atoms with Crippen LogP contribution in [0.3, 0.4) is 0 Å². The third-order valence-electron chi connectivity index (χ3n) is 4.26. The Kier molecular flexibility index (Phi) is 3.41. The van der Waals surface area contributed by atoms with E-state index in [0.717, 1.165) is 30.4 Å². The van der Waals surface area contributed by atoms with Crippen LogP contribution < -0.4 is 0 Å². The lowest BCUT2D eigenvalue weighted by atomic mass is 9.89. The summed E-state index contributed by atoms with van der Waals surface area (Å²) in [6, 6.07) is 4.71. The highest BCUT2D eigenvalue weighted by Gasteiger charge is 2.41. The summed E-state index contributed by atoms with van der Waals surface area (Å²) in [6.45, 7) is 7.67. The molecule has 2 nitrogen and oxygen atoms in total. The fourth-order valence-electron chi connectivity index (χ4n) is 2.39. The Bertz CT molecular complexity index is 507. The zero-order valence-electron chi connectivity index (χ0n) is 12.0. The number of carbonyl (C=O) groups is 1. The van der Waals surface area contributed by atoms with E-state index in [2.05, 4.69) is 0 Å². The second kappa shape index (κ2) is 4.62. The fourth-order valence-corrected chi connectivity index (χ4v) is 2.39. The standard InChI is InChI=1S/C16H21FO2/c1-5-15(2,3)14(18)19-16(4)9-8-11-10-12(17)6-7-13(11)16/h6-7,10H,5,8-9H2,1-4H3. The van der Waals surface area contributed by atoms with E-state index in [-0.39, 0.29) is 11.8 Å². The Morgan fingerprint density at radius 2 is 2.16 bits per heavy atom. The summed E-state index contributed by atoms with van der Waals surface area (Å²) in [5.74, 6) is -0.419. The van der Waals surface area contributed by atoms with Crippen molar-refractivity contribution in [2.75, 3.05) is 0 Å². The van der Waals surface area contributed by atoms with E-state index in [4.69, 9.17) is 4.74 Å². The summed E-state index contributed by atoms with van der Waals surface area (Å²) >= 11 is 0. The number of rotatable bonds is 3. The number of aryl methyl sites for hydroxylation is 1. The third-order valence-corrected chi connectivity index (χ3v) is 4.26. The molecule has 0 fully saturated rings. The van der Waals surface area contributed by atoms with Crippen molar-refractivity contribution in [1.29, 1.82) is 0 Å². The molecule has 1 aromatic rings. The maximum Gasteiger partial charge on any atom is 0.312 e. The van der Waals surface area contributed by atoms with Gasteiger partial charge in [0.05, 0.1) is 5.41 Å². The zero-order valence-corrected chi connectivity index (χ0v) is 12.0. The van der Waals surface area contributed by atoms with Crippen molar-refractivity contribution >= 4 is 5.97 Å². The summed E-state index contributed by atoms with van der Waals surface area (Å²) in [4.78, 5) is 12.2. The monoisotopic (exact) mass is 264 g/mol. The van der Waals surface area contributed by atoms with Gasteiger partial charge in [-0.25, -0.2) is 4.39 Å². The van der Waals surface area contributed by atoms with E-state index in [9.17, 15) is 9.18 Å². The van der Waals surface area contributed by atoms with Gasteiger partial charge in [-0.2, -0.15) is 0 Å². The highest BCUT2D eigenvalue weighted by atomic mass is 19.1. The molecule has 0 N–H and O–H groups in total. The van der Waals surface area contributed by atoms with Gasteiger partial charge < -0.3 is 4.74 Å². The summed E-state index contributed by atoms with van der Waals surface area (Å²) in [6.07, 6.45) is 2.21. The van der Waals surface area contributed by atoms with Crippen LogP contribution in [0.25, 0.3) is 0 Å². The van der Waals surface area contributed by atoms with Crippen molar-refractivity contribution in [3.8, 4) is 0 Å². The molecule has 0 saturated carbocycles. The minimum Gasteiger partial charge on any atom is -0.454 e. The van der Waals surface area contributed by atoms with Crippen molar-refractivity contribution < 1.29 is 13.9 Å². The average molecular weight is 264 g/mol. The molecular formula is C16H21FO2. The second-order valence-electron chi connectivity index (χ2n) is 6.16. The number of hydrogen-bond acceptors (Lipinski definition) is 2. The first-order valence-electron chi connectivity index (χ1n) is 6.81. The molecule has 0 bridgehead atoms. The van der Waals surface area contributed by atoms with Crippen LogP contribution in [-0.4, -0.2) is 5.97 Å². The summed E-state index contributed by atoms with van der Waals surface area (Å²) < 4.78 is 19.0. The van der Waals surface area contributed by atoms with Crippen molar-refractivity contribution in [3.63, 3.8) is 0 Å². The average Bonchev–Trinajstić information content (AvgIpc) is 2.66. The Balaban J connectivity index is 2.26. The van der Waals surface area contributed by atoms with Crippen LogP contribution in [0.15, 0.2) is 18.2 Å². The SMILES string of the molecule is CCC(C)(C)C(=O)OC1(C)CCc2cc(F)ccc21. The van der Waals surface area contributed by atoms with Crippen LogP contribution in [0, 0.1) is 11.2 Å². The van der Waals surface area contributed by atoms with Crippen molar-refractivity contribution in [3.05, 3.63) is 35.1 Å². The molecule has 1 aromatic carbocycles. The Labute approximate surface area is 114 Å². The largest absolute Gasteiger partial charge is 0.454 e. The second-order valence-corrected chi connectivity index (χ2v) is 6.16. The molecule has 19 heavy (non-hydrogen) atoms. The summed E-state index contributed by atoms with van der Waals surface area (Å²) in [7, 11) is 0. The molecule has 104 valence electrons. The predicted octanol–water partition coefficient (Wildman–Crippen LogP) is 3.97. The molecule has 3 heteroatoms. The van der Waals surface area contributed by atoms with Crippen LogP contribution in [0.2, 0.25) is 0 Å². The predicted molar refractivity (Wildman–Crippen MR) is 72.2 cm³/mol. The smallest absolute Gasteiger partial charge is 0.312 e. The number of hydrogen-bond donors (Lipinski definition) is 0. The topological polar surface area (TPSA) is 26.3 Å². The van der Waals surface area contributed by atoms with Gasteiger partial charge in [-0.05, 0) is 63.3 Å². The number of esters is 1. The fraction of sp³-hybridized carbons (Fsp3) is 0.562. The minimum absolute atomic E-state index is 0.185. The zero-order chi connectivity index (χ0) is 14.3. The molecule has 0 saturated heterocycles. The van der Waals surface area contributed by atoms with Crippen LogP contribution >= 0.6 is 0 Å². The Morgan fingerprint density at radius 3 is 2.79 bits per heavy atom. The van der Waals surface area contributed by atoms with Gasteiger partial charge in [0.25, 0.3) is 0 Å². The lowest BCUT2D eigenvalue weighted by Gasteiger charge is -2.31. The highest BCUT2D eigenvalue weighted by Crippen LogP contribution is 2.41. The molecule has 0 amide bonds.